The second kappa shape index (κ2) is 10.8. The summed E-state index contributed by atoms with van der Waals surface area (Å²) in [5, 5.41) is 6.45. The number of aromatic nitrogens is 3. The first kappa shape index (κ1) is 23.8. The molecule has 4 aromatic rings. The molecule has 2 aliphatic rings. The van der Waals surface area contributed by atoms with E-state index in [-0.39, 0.29) is 5.91 Å². The average molecular weight is 495 g/mol. The van der Waals surface area contributed by atoms with Gasteiger partial charge in [-0.1, -0.05) is 18.2 Å². The second-order valence-corrected chi connectivity index (χ2v) is 10.2. The third-order valence-corrected chi connectivity index (χ3v) is 7.96. The predicted molar refractivity (Wildman–Crippen MR) is 146 cm³/mol. The molecule has 0 saturated carbocycles. The van der Waals surface area contributed by atoms with Crippen molar-refractivity contribution in [2.45, 2.75) is 44.2 Å². The Kier molecular flexibility index (Phi) is 6.97. The van der Waals surface area contributed by atoms with Crippen molar-refractivity contribution in [2.75, 3.05) is 26.2 Å². The van der Waals surface area contributed by atoms with Crippen molar-refractivity contribution >= 4 is 16.9 Å². The van der Waals surface area contributed by atoms with Gasteiger partial charge >= 0.3 is 0 Å². The maximum absolute atomic E-state index is 12.7. The van der Waals surface area contributed by atoms with Crippen LogP contribution in [0.1, 0.15) is 53.1 Å². The maximum atomic E-state index is 12.7. The Hall–Kier alpha value is -3.55. The molecular weight excluding hydrogens is 460 g/mol. The molecule has 0 radical (unpaired) electrons. The lowest BCUT2D eigenvalue weighted by Gasteiger charge is -2.39. The summed E-state index contributed by atoms with van der Waals surface area (Å²) in [4.78, 5) is 24.1. The van der Waals surface area contributed by atoms with Gasteiger partial charge in [0.15, 0.2) is 0 Å². The summed E-state index contributed by atoms with van der Waals surface area (Å²) >= 11 is 0. The number of amides is 1. The summed E-state index contributed by atoms with van der Waals surface area (Å²) in [6.07, 6.45) is 10.3. The van der Waals surface area contributed by atoms with E-state index in [1.165, 1.54) is 44.3 Å². The third-order valence-electron chi connectivity index (χ3n) is 7.96. The minimum Gasteiger partial charge on any atom is -0.348 e. The molecule has 2 N–H and O–H groups in total. The van der Waals surface area contributed by atoms with Gasteiger partial charge in [-0.25, -0.2) is 4.98 Å². The fourth-order valence-corrected chi connectivity index (χ4v) is 5.85. The van der Waals surface area contributed by atoms with E-state index in [0.717, 1.165) is 41.4 Å². The third kappa shape index (κ3) is 5.29. The van der Waals surface area contributed by atoms with Gasteiger partial charge in [0.2, 0.25) is 0 Å². The van der Waals surface area contributed by atoms with Gasteiger partial charge in [-0.05, 0) is 105 Å². The van der Waals surface area contributed by atoms with E-state index in [2.05, 4.69) is 54.3 Å². The minimum atomic E-state index is -0.113. The number of hydrogen-bond donors (Lipinski definition) is 2. The maximum Gasteiger partial charge on any atom is 0.251 e. The second-order valence-electron chi connectivity index (χ2n) is 10.2. The quantitative estimate of drug-likeness (QED) is 0.419. The van der Waals surface area contributed by atoms with E-state index in [1.807, 2.05) is 36.7 Å². The molecule has 2 aromatic heterocycles. The molecule has 1 amide bonds. The standard InChI is InChI=1S/C30H34N6O/c37-30(33-20-22-3-2-12-32-19-22)25-6-7-29-28(18-25)34-21-36(29)27-5-1-4-24(17-27)23-10-15-35(16-11-23)26-8-13-31-14-9-26/h1-7,12,17-19,21,23,26,31H,8-11,13-16,20H2,(H,33,37). The number of hydrogen-bond acceptors (Lipinski definition) is 5. The lowest BCUT2D eigenvalue weighted by molar-refractivity contribution is 0.0951. The Bertz CT molecular complexity index is 1350. The van der Waals surface area contributed by atoms with Crippen LogP contribution in [-0.2, 0) is 6.54 Å². The van der Waals surface area contributed by atoms with Crippen LogP contribution < -0.4 is 10.6 Å². The number of nitrogens with one attached hydrogen (secondary N) is 2. The summed E-state index contributed by atoms with van der Waals surface area (Å²) in [6, 6.07) is 19.2. The van der Waals surface area contributed by atoms with Crippen molar-refractivity contribution in [3.8, 4) is 5.69 Å². The van der Waals surface area contributed by atoms with Gasteiger partial charge in [0, 0.05) is 36.2 Å². The molecule has 6 rings (SSSR count). The molecule has 7 nitrogen and oxygen atoms in total. The Morgan fingerprint density at radius 1 is 1.00 bits per heavy atom. The minimum absolute atomic E-state index is 0.113. The Labute approximate surface area is 217 Å². The first-order valence-corrected chi connectivity index (χ1v) is 13.4. The number of imidazole rings is 1. The van der Waals surface area contributed by atoms with E-state index in [9.17, 15) is 4.79 Å². The number of benzene rings is 2. The van der Waals surface area contributed by atoms with Crippen LogP contribution in [0.3, 0.4) is 0 Å². The number of piperidine rings is 2. The van der Waals surface area contributed by atoms with Crippen LogP contribution in [0.25, 0.3) is 16.7 Å². The molecule has 0 unspecified atom stereocenters. The molecule has 4 heterocycles. The molecule has 190 valence electrons. The molecule has 0 bridgehead atoms. The molecule has 37 heavy (non-hydrogen) atoms. The topological polar surface area (TPSA) is 75.1 Å². The fourth-order valence-electron chi connectivity index (χ4n) is 5.85. The Morgan fingerprint density at radius 3 is 2.68 bits per heavy atom. The zero-order valence-electron chi connectivity index (χ0n) is 21.1. The number of likely N-dealkylation sites (tertiary alicyclic amines) is 1. The molecule has 2 aromatic carbocycles. The highest BCUT2D eigenvalue weighted by atomic mass is 16.1. The number of carbonyl (C=O) groups is 1. The van der Waals surface area contributed by atoms with Gasteiger partial charge in [-0.2, -0.15) is 0 Å². The van der Waals surface area contributed by atoms with Gasteiger partial charge in [0.1, 0.15) is 6.33 Å². The first-order chi connectivity index (χ1) is 18.2. The predicted octanol–water partition coefficient (Wildman–Crippen LogP) is 4.28. The smallest absolute Gasteiger partial charge is 0.251 e. The van der Waals surface area contributed by atoms with Crippen LogP contribution in [0, 0.1) is 0 Å². The molecule has 0 atom stereocenters. The van der Waals surface area contributed by atoms with Crippen molar-refractivity contribution < 1.29 is 4.79 Å². The van der Waals surface area contributed by atoms with Gasteiger partial charge in [0.05, 0.1) is 11.0 Å². The van der Waals surface area contributed by atoms with Crippen molar-refractivity contribution in [1.29, 1.82) is 0 Å². The number of rotatable bonds is 6. The SMILES string of the molecule is O=C(NCc1cccnc1)c1ccc2c(c1)ncn2-c1cccc(C2CCN(C3CCNCC3)CC2)c1. The normalized spacial score (nSPS) is 17.7. The van der Waals surface area contributed by atoms with Crippen molar-refractivity contribution in [3.63, 3.8) is 0 Å². The fraction of sp³-hybridized carbons (Fsp3) is 0.367. The van der Waals surface area contributed by atoms with E-state index < -0.39 is 0 Å². The highest BCUT2D eigenvalue weighted by Crippen LogP contribution is 2.31. The van der Waals surface area contributed by atoms with Crippen molar-refractivity contribution in [3.05, 3.63) is 90.0 Å². The molecular formula is C30H34N6O. The van der Waals surface area contributed by atoms with E-state index in [0.29, 0.717) is 18.0 Å². The lowest BCUT2D eigenvalue weighted by atomic mass is 9.88. The van der Waals surface area contributed by atoms with Gasteiger partial charge in [-0.3, -0.25) is 14.3 Å². The summed E-state index contributed by atoms with van der Waals surface area (Å²) in [6.45, 7) is 5.15. The summed E-state index contributed by atoms with van der Waals surface area (Å²) < 4.78 is 2.13. The largest absolute Gasteiger partial charge is 0.348 e. The highest BCUT2D eigenvalue weighted by molar-refractivity contribution is 5.97. The van der Waals surface area contributed by atoms with Crippen LogP contribution in [0.4, 0.5) is 0 Å². The number of nitrogens with zero attached hydrogens (tertiary/aromatic N) is 4. The van der Waals surface area contributed by atoms with Gasteiger partial charge in [-0.15, -0.1) is 0 Å². The number of carbonyl (C=O) groups excluding carboxylic acids is 1. The average Bonchev–Trinajstić information content (AvgIpc) is 3.40. The van der Waals surface area contributed by atoms with Gasteiger partial charge in [0.25, 0.3) is 5.91 Å². The summed E-state index contributed by atoms with van der Waals surface area (Å²) in [5.74, 6) is 0.487. The van der Waals surface area contributed by atoms with Crippen LogP contribution in [0.2, 0.25) is 0 Å². The Morgan fingerprint density at radius 2 is 1.86 bits per heavy atom. The van der Waals surface area contributed by atoms with E-state index in [4.69, 9.17) is 0 Å². The zero-order chi connectivity index (χ0) is 25.0. The Balaban J connectivity index is 1.14. The molecule has 0 aliphatic carbocycles. The van der Waals surface area contributed by atoms with Crippen LogP contribution in [0.5, 0.6) is 0 Å². The van der Waals surface area contributed by atoms with Crippen molar-refractivity contribution in [1.82, 2.24) is 30.1 Å². The van der Waals surface area contributed by atoms with Crippen LogP contribution in [-0.4, -0.2) is 57.6 Å². The number of fused-ring (bicyclic) bond motifs is 1. The van der Waals surface area contributed by atoms with Gasteiger partial charge < -0.3 is 15.5 Å². The lowest BCUT2D eigenvalue weighted by Crippen LogP contribution is -2.46. The molecule has 2 aliphatic heterocycles. The zero-order valence-corrected chi connectivity index (χ0v) is 21.1. The first-order valence-electron chi connectivity index (χ1n) is 13.4. The molecule has 2 saturated heterocycles. The van der Waals surface area contributed by atoms with E-state index in [1.54, 1.807) is 12.4 Å². The highest BCUT2D eigenvalue weighted by Gasteiger charge is 2.27. The van der Waals surface area contributed by atoms with Crippen molar-refractivity contribution in [2.24, 2.45) is 0 Å². The molecule has 0 spiro atoms. The van der Waals surface area contributed by atoms with E-state index >= 15 is 0 Å². The monoisotopic (exact) mass is 494 g/mol. The molecule has 2 fully saturated rings. The number of pyridine rings is 1. The summed E-state index contributed by atoms with van der Waals surface area (Å²) in [5.41, 5.74) is 5.93. The van der Waals surface area contributed by atoms with Crippen LogP contribution >= 0.6 is 0 Å². The molecule has 7 heteroatoms. The van der Waals surface area contributed by atoms with Crippen LogP contribution in [0.15, 0.2) is 73.3 Å². The summed E-state index contributed by atoms with van der Waals surface area (Å²) in [7, 11) is 0.